The van der Waals surface area contributed by atoms with E-state index in [0.29, 0.717) is 10.5 Å². The molecule has 1 unspecified atom stereocenters. The topological polar surface area (TPSA) is 12.0 Å². The molecule has 0 radical (unpaired) electrons. The monoisotopic (exact) mass is 287 g/mol. The van der Waals surface area contributed by atoms with Gasteiger partial charge in [-0.3, -0.25) is 0 Å². The van der Waals surface area contributed by atoms with Gasteiger partial charge in [0.25, 0.3) is 0 Å². The number of rotatable bonds is 6. The largest absolute Gasteiger partial charge is 0.317 e. The second-order valence-corrected chi connectivity index (χ2v) is 4.93. The second-order valence-electron chi connectivity index (χ2n) is 4.08. The molecule has 3 heteroatoms. The standard InChI is InChI=1S/C13H19BrFN/c1-3-4-5-11(16-2)8-10-6-7-13(15)12(14)9-10/h6-7,9,11,16H,3-5,8H2,1-2H3. The van der Waals surface area contributed by atoms with E-state index in [9.17, 15) is 4.39 Å². The molecule has 0 fully saturated rings. The minimum atomic E-state index is -0.196. The van der Waals surface area contributed by atoms with Crippen LogP contribution in [0, 0.1) is 5.82 Å². The lowest BCUT2D eigenvalue weighted by atomic mass is 10.0. The number of nitrogens with one attached hydrogen (secondary N) is 1. The Bertz CT molecular complexity index is 328. The first-order chi connectivity index (χ1) is 7.67. The van der Waals surface area contributed by atoms with Crippen LogP contribution < -0.4 is 5.32 Å². The minimum absolute atomic E-state index is 0.196. The summed E-state index contributed by atoms with van der Waals surface area (Å²) >= 11 is 3.22. The third-order valence-corrected chi connectivity index (χ3v) is 3.39. The minimum Gasteiger partial charge on any atom is -0.317 e. The molecule has 0 heterocycles. The van der Waals surface area contributed by atoms with E-state index in [-0.39, 0.29) is 5.82 Å². The quantitative estimate of drug-likeness (QED) is 0.837. The summed E-state index contributed by atoms with van der Waals surface area (Å²) in [7, 11) is 1.99. The van der Waals surface area contributed by atoms with Gasteiger partial charge in [0, 0.05) is 6.04 Å². The van der Waals surface area contributed by atoms with E-state index in [2.05, 4.69) is 28.2 Å². The summed E-state index contributed by atoms with van der Waals surface area (Å²) < 4.78 is 13.6. The Morgan fingerprint density at radius 1 is 1.44 bits per heavy atom. The number of unbranched alkanes of at least 4 members (excludes halogenated alkanes) is 1. The molecule has 1 rings (SSSR count). The smallest absolute Gasteiger partial charge is 0.137 e. The van der Waals surface area contributed by atoms with E-state index >= 15 is 0 Å². The molecule has 1 aromatic carbocycles. The van der Waals surface area contributed by atoms with Gasteiger partial charge in [-0.25, -0.2) is 4.39 Å². The average Bonchev–Trinajstić information content (AvgIpc) is 2.29. The van der Waals surface area contributed by atoms with Crippen molar-refractivity contribution in [3.8, 4) is 0 Å². The van der Waals surface area contributed by atoms with Crippen LogP contribution in [0.25, 0.3) is 0 Å². The van der Waals surface area contributed by atoms with Crippen molar-refractivity contribution in [3.63, 3.8) is 0 Å². The van der Waals surface area contributed by atoms with Gasteiger partial charge in [-0.05, 0) is 53.5 Å². The molecule has 0 bridgehead atoms. The zero-order valence-corrected chi connectivity index (χ0v) is 11.5. The third-order valence-electron chi connectivity index (χ3n) is 2.78. The van der Waals surface area contributed by atoms with Crippen molar-refractivity contribution in [1.82, 2.24) is 5.32 Å². The van der Waals surface area contributed by atoms with Gasteiger partial charge < -0.3 is 5.32 Å². The maximum Gasteiger partial charge on any atom is 0.137 e. The van der Waals surface area contributed by atoms with Crippen molar-refractivity contribution in [3.05, 3.63) is 34.1 Å². The Morgan fingerprint density at radius 2 is 2.19 bits per heavy atom. The predicted octanol–water partition coefficient (Wildman–Crippen LogP) is 3.91. The van der Waals surface area contributed by atoms with E-state index in [4.69, 9.17) is 0 Å². The first kappa shape index (κ1) is 13.7. The van der Waals surface area contributed by atoms with Crippen LogP contribution in [0.3, 0.4) is 0 Å². The second kappa shape index (κ2) is 7.02. The molecule has 1 nitrogen and oxygen atoms in total. The Morgan fingerprint density at radius 3 is 2.75 bits per heavy atom. The summed E-state index contributed by atoms with van der Waals surface area (Å²) in [6, 6.07) is 5.73. The number of hydrogen-bond acceptors (Lipinski definition) is 1. The fraction of sp³-hybridized carbons (Fsp3) is 0.538. The number of benzene rings is 1. The van der Waals surface area contributed by atoms with Crippen LogP contribution in [0.15, 0.2) is 22.7 Å². The highest BCUT2D eigenvalue weighted by atomic mass is 79.9. The molecule has 0 spiro atoms. The summed E-state index contributed by atoms with van der Waals surface area (Å²) in [5.41, 5.74) is 1.17. The molecular formula is C13H19BrFN. The molecule has 16 heavy (non-hydrogen) atoms. The molecule has 0 aliphatic heterocycles. The van der Waals surface area contributed by atoms with Gasteiger partial charge in [0.1, 0.15) is 5.82 Å². The van der Waals surface area contributed by atoms with E-state index in [0.717, 1.165) is 6.42 Å². The summed E-state index contributed by atoms with van der Waals surface area (Å²) in [4.78, 5) is 0. The van der Waals surface area contributed by atoms with Crippen LogP contribution in [0.2, 0.25) is 0 Å². The summed E-state index contributed by atoms with van der Waals surface area (Å²) in [5, 5.41) is 3.31. The van der Waals surface area contributed by atoms with E-state index < -0.39 is 0 Å². The predicted molar refractivity (Wildman–Crippen MR) is 70.2 cm³/mol. The van der Waals surface area contributed by atoms with Gasteiger partial charge in [0.2, 0.25) is 0 Å². The summed E-state index contributed by atoms with van der Waals surface area (Å²) in [6.07, 6.45) is 4.57. The highest BCUT2D eigenvalue weighted by Crippen LogP contribution is 2.18. The van der Waals surface area contributed by atoms with Gasteiger partial charge in [-0.2, -0.15) is 0 Å². The fourth-order valence-corrected chi connectivity index (χ4v) is 2.18. The van der Waals surface area contributed by atoms with Crippen molar-refractivity contribution in [2.24, 2.45) is 0 Å². The molecule has 1 N–H and O–H groups in total. The molecule has 90 valence electrons. The number of likely N-dealkylation sites (N-methyl/N-ethyl adjacent to an activating group) is 1. The van der Waals surface area contributed by atoms with Crippen LogP contribution in [0.4, 0.5) is 4.39 Å². The van der Waals surface area contributed by atoms with E-state index in [1.807, 2.05) is 19.2 Å². The summed E-state index contributed by atoms with van der Waals surface area (Å²) in [5.74, 6) is -0.196. The van der Waals surface area contributed by atoms with Gasteiger partial charge >= 0.3 is 0 Å². The molecule has 0 aliphatic rings. The molecule has 0 aromatic heterocycles. The van der Waals surface area contributed by atoms with Crippen LogP contribution >= 0.6 is 15.9 Å². The Balaban J connectivity index is 2.59. The Labute approximate surface area is 106 Å². The number of halogens is 2. The molecule has 0 saturated carbocycles. The molecular weight excluding hydrogens is 269 g/mol. The van der Waals surface area contributed by atoms with Crippen molar-refractivity contribution in [2.75, 3.05) is 7.05 Å². The average molecular weight is 288 g/mol. The normalized spacial score (nSPS) is 12.8. The maximum absolute atomic E-state index is 13.1. The highest BCUT2D eigenvalue weighted by Gasteiger charge is 2.08. The zero-order chi connectivity index (χ0) is 12.0. The van der Waals surface area contributed by atoms with Gasteiger partial charge in [0.15, 0.2) is 0 Å². The molecule has 0 saturated heterocycles. The first-order valence-corrected chi connectivity index (χ1v) is 6.57. The van der Waals surface area contributed by atoms with Gasteiger partial charge in [-0.1, -0.05) is 25.8 Å². The van der Waals surface area contributed by atoms with Crippen molar-refractivity contribution in [1.29, 1.82) is 0 Å². The van der Waals surface area contributed by atoms with Crippen molar-refractivity contribution in [2.45, 2.75) is 38.6 Å². The van der Waals surface area contributed by atoms with Crippen molar-refractivity contribution >= 4 is 15.9 Å². The van der Waals surface area contributed by atoms with Crippen LogP contribution in [-0.4, -0.2) is 13.1 Å². The molecule has 0 amide bonds. The first-order valence-electron chi connectivity index (χ1n) is 5.78. The molecule has 1 aromatic rings. The van der Waals surface area contributed by atoms with Crippen LogP contribution in [0.5, 0.6) is 0 Å². The fourth-order valence-electron chi connectivity index (χ4n) is 1.75. The van der Waals surface area contributed by atoms with Gasteiger partial charge in [-0.15, -0.1) is 0 Å². The lowest BCUT2D eigenvalue weighted by Gasteiger charge is -2.16. The summed E-state index contributed by atoms with van der Waals surface area (Å²) in [6.45, 7) is 2.20. The SMILES string of the molecule is CCCCC(Cc1ccc(F)c(Br)c1)NC. The van der Waals surface area contributed by atoms with E-state index in [1.165, 1.54) is 30.9 Å². The lowest BCUT2D eigenvalue weighted by molar-refractivity contribution is 0.498. The third kappa shape index (κ3) is 4.22. The van der Waals surface area contributed by atoms with Crippen molar-refractivity contribution < 1.29 is 4.39 Å². The van der Waals surface area contributed by atoms with E-state index in [1.54, 1.807) is 0 Å². The molecule has 1 atom stereocenters. The number of hydrogen-bond donors (Lipinski definition) is 1. The molecule has 0 aliphatic carbocycles. The maximum atomic E-state index is 13.1. The van der Waals surface area contributed by atoms with Crippen LogP contribution in [0.1, 0.15) is 31.7 Å². The van der Waals surface area contributed by atoms with Gasteiger partial charge in [0.05, 0.1) is 4.47 Å². The lowest BCUT2D eigenvalue weighted by Crippen LogP contribution is -2.27. The van der Waals surface area contributed by atoms with Crippen LogP contribution in [-0.2, 0) is 6.42 Å². The highest BCUT2D eigenvalue weighted by molar-refractivity contribution is 9.10. The Hall–Kier alpha value is -0.410. The zero-order valence-electron chi connectivity index (χ0n) is 9.89. The Kier molecular flexibility index (Phi) is 5.99.